The minimum Gasteiger partial charge on any atom is -0.356 e. The minimum atomic E-state index is 0.0974. The summed E-state index contributed by atoms with van der Waals surface area (Å²) in [6.45, 7) is 12.3. The van der Waals surface area contributed by atoms with Crippen molar-refractivity contribution >= 4 is 11.9 Å². The second-order valence-corrected chi connectivity index (χ2v) is 8.89. The van der Waals surface area contributed by atoms with Gasteiger partial charge in [-0.05, 0) is 64.2 Å². The summed E-state index contributed by atoms with van der Waals surface area (Å²) in [6.07, 6.45) is 8.89. The number of nitrogens with zero attached hydrogens (tertiary/aromatic N) is 4. The van der Waals surface area contributed by atoms with Crippen molar-refractivity contribution in [2.24, 2.45) is 5.92 Å². The molecule has 2 aromatic rings. The fourth-order valence-corrected chi connectivity index (χ4v) is 4.43. The van der Waals surface area contributed by atoms with E-state index in [0.717, 1.165) is 75.6 Å². The number of amides is 1. The number of hydrogen-bond donors (Lipinski definition) is 1. The first-order valence-electron chi connectivity index (χ1n) is 12.2. The van der Waals surface area contributed by atoms with Crippen molar-refractivity contribution in [3.63, 3.8) is 0 Å². The van der Waals surface area contributed by atoms with Crippen molar-refractivity contribution in [2.75, 3.05) is 44.2 Å². The second-order valence-electron chi connectivity index (χ2n) is 8.89. The Morgan fingerprint density at radius 1 is 1.06 bits per heavy atom. The van der Waals surface area contributed by atoms with Crippen molar-refractivity contribution in [3.05, 3.63) is 42.2 Å². The molecule has 1 amide bonds. The van der Waals surface area contributed by atoms with E-state index in [1.54, 1.807) is 0 Å². The number of aromatic nitrogens is 2. The summed E-state index contributed by atoms with van der Waals surface area (Å²) in [7, 11) is 0. The summed E-state index contributed by atoms with van der Waals surface area (Å²) in [5, 5.41) is 3.16. The fourth-order valence-electron chi connectivity index (χ4n) is 4.43. The van der Waals surface area contributed by atoms with Crippen LogP contribution in [-0.2, 0) is 4.79 Å². The van der Waals surface area contributed by atoms with Gasteiger partial charge >= 0.3 is 0 Å². The van der Waals surface area contributed by atoms with Gasteiger partial charge in [0.1, 0.15) is 0 Å². The van der Waals surface area contributed by atoms with E-state index < -0.39 is 0 Å². The molecule has 1 aliphatic heterocycles. The zero-order chi connectivity index (χ0) is 22.8. The molecule has 0 saturated carbocycles. The van der Waals surface area contributed by atoms with Gasteiger partial charge in [-0.15, -0.1) is 0 Å². The van der Waals surface area contributed by atoms with Crippen LogP contribution in [0.1, 0.15) is 51.5 Å². The zero-order valence-corrected chi connectivity index (χ0v) is 20.0. The summed E-state index contributed by atoms with van der Waals surface area (Å²) < 4.78 is 0. The van der Waals surface area contributed by atoms with E-state index in [2.05, 4.69) is 70.1 Å². The molecule has 1 aromatic carbocycles. The van der Waals surface area contributed by atoms with Crippen LogP contribution in [0.2, 0.25) is 0 Å². The quantitative estimate of drug-likeness (QED) is 0.531. The van der Waals surface area contributed by atoms with Crippen LogP contribution >= 0.6 is 0 Å². The normalized spacial score (nSPS) is 14.7. The third-order valence-electron chi connectivity index (χ3n) is 6.17. The minimum absolute atomic E-state index is 0.0974. The first-order chi connectivity index (χ1) is 15.6. The third-order valence-corrected chi connectivity index (χ3v) is 6.17. The number of benzene rings is 1. The lowest BCUT2D eigenvalue weighted by atomic mass is 9.96. The fraction of sp³-hybridized carbons (Fsp3) is 0.577. The predicted octanol–water partition coefficient (Wildman–Crippen LogP) is 4.30. The van der Waals surface area contributed by atoms with Gasteiger partial charge in [0.15, 0.2) is 0 Å². The highest BCUT2D eigenvalue weighted by Gasteiger charge is 2.26. The molecular weight excluding hydrogens is 398 g/mol. The van der Waals surface area contributed by atoms with Crippen molar-refractivity contribution in [1.82, 2.24) is 20.2 Å². The Kier molecular flexibility index (Phi) is 9.47. The Morgan fingerprint density at radius 2 is 1.75 bits per heavy atom. The van der Waals surface area contributed by atoms with Crippen LogP contribution in [0.5, 0.6) is 0 Å². The van der Waals surface area contributed by atoms with Crippen molar-refractivity contribution in [1.29, 1.82) is 0 Å². The Morgan fingerprint density at radius 3 is 2.38 bits per heavy atom. The summed E-state index contributed by atoms with van der Waals surface area (Å²) >= 11 is 0. The van der Waals surface area contributed by atoms with Crippen molar-refractivity contribution in [2.45, 2.75) is 52.9 Å². The van der Waals surface area contributed by atoms with Gasteiger partial charge in [-0.3, -0.25) is 4.79 Å². The molecule has 1 aliphatic rings. The predicted molar refractivity (Wildman–Crippen MR) is 132 cm³/mol. The molecule has 6 nitrogen and oxygen atoms in total. The molecule has 1 N–H and O–H groups in total. The van der Waals surface area contributed by atoms with E-state index in [1.165, 1.54) is 18.4 Å². The maximum Gasteiger partial charge on any atom is 0.225 e. The van der Waals surface area contributed by atoms with E-state index in [0.29, 0.717) is 0 Å². The Hall–Kier alpha value is -2.47. The number of anilines is 1. The van der Waals surface area contributed by atoms with Crippen LogP contribution in [0.4, 0.5) is 5.95 Å². The van der Waals surface area contributed by atoms with E-state index in [9.17, 15) is 4.79 Å². The average molecular weight is 438 g/mol. The second kappa shape index (κ2) is 12.5. The summed E-state index contributed by atoms with van der Waals surface area (Å²) in [6, 6.07) is 8.38. The molecule has 0 radical (unpaired) electrons. The SMILES string of the molecule is CCCN(CCC)CCCNC(=O)C1CCN(c2ncc(-c3cccc(C)c3)cn2)CC1. The number of nitrogens with one attached hydrogen (secondary N) is 1. The average Bonchev–Trinajstić information content (AvgIpc) is 2.82. The maximum absolute atomic E-state index is 12.6. The first kappa shape index (κ1) is 24.2. The van der Waals surface area contributed by atoms with Crippen LogP contribution in [-0.4, -0.2) is 60.0 Å². The summed E-state index contributed by atoms with van der Waals surface area (Å²) in [5.41, 5.74) is 3.40. The number of aryl methyl sites for hydroxylation is 1. The standard InChI is InChI=1S/C26H39N5O/c1-4-13-30(14-5-2)15-7-12-27-25(32)22-10-16-31(17-11-22)26-28-19-24(20-29-26)23-9-6-8-21(3)18-23/h6,8-9,18-20,22H,4-5,7,10-17H2,1-3H3,(H,27,32). The third kappa shape index (κ3) is 7.02. The van der Waals surface area contributed by atoms with Gasteiger partial charge in [0.2, 0.25) is 11.9 Å². The van der Waals surface area contributed by atoms with Gasteiger partial charge < -0.3 is 15.1 Å². The summed E-state index contributed by atoms with van der Waals surface area (Å²) in [4.78, 5) is 26.5. The van der Waals surface area contributed by atoms with Crippen LogP contribution in [0.25, 0.3) is 11.1 Å². The molecular formula is C26H39N5O. The van der Waals surface area contributed by atoms with Crippen LogP contribution in [0.3, 0.4) is 0 Å². The molecule has 174 valence electrons. The van der Waals surface area contributed by atoms with Crippen molar-refractivity contribution < 1.29 is 4.79 Å². The number of hydrogen-bond acceptors (Lipinski definition) is 5. The van der Waals surface area contributed by atoms with Gasteiger partial charge in [0, 0.05) is 43.5 Å². The Balaban J connectivity index is 1.41. The molecule has 1 fully saturated rings. The molecule has 1 aromatic heterocycles. The molecule has 0 spiro atoms. The number of carbonyl (C=O) groups excluding carboxylic acids is 1. The van der Waals surface area contributed by atoms with E-state index in [4.69, 9.17) is 0 Å². The lowest BCUT2D eigenvalue weighted by Crippen LogP contribution is -2.41. The zero-order valence-electron chi connectivity index (χ0n) is 20.0. The van der Waals surface area contributed by atoms with E-state index in [-0.39, 0.29) is 11.8 Å². The molecule has 0 atom stereocenters. The molecule has 6 heteroatoms. The smallest absolute Gasteiger partial charge is 0.225 e. The topological polar surface area (TPSA) is 61.4 Å². The van der Waals surface area contributed by atoms with E-state index >= 15 is 0 Å². The highest BCUT2D eigenvalue weighted by atomic mass is 16.1. The molecule has 0 bridgehead atoms. The van der Waals surface area contributed by atoms with Crippen LogP contribution < -0.4 is 10.2 Å². The number of carbonyl (C=O) groups is 1. The first-order valence-corrected chi connectivity index (χ1v) is 12.2. The van der Waals surface area contributed by atoms with Gasteiger partial charge in [0.05, 0.1) is 0 Å². The maximum atomic E-state index is 12.6. The number of rotatable bonds is 11. The number of piperidine rings is 1. The van der Waals surface area contributed by atoms with Gasteiger partial charge in [0.25, 0.3) is 0 Å². The van der Waals surface area contributed by atoms with Gasteiger partial charge in [-0.25, -0.2) is 9.97 Å². The van der Waals surface area contributed by atoms with Crippen LogP contribution in [0, 0.1) is 12.8 Å². The van der Waals surface area contributed by atoms with E-state index in [1.807, 2.05) is 12.4 Å². The molecule has 0 aliphatic carbocycles. The summed E-state index contributed by atoms with van der Waals surface area (Å²) in [5.74, 6) is 1.06. The van der Waals surface area contributed by atoms with Gasteiger partial charge in [-0.2, -0.15) is 0 Å². The lowest BCUT2D eigenvalue weighted by molar-refractivity contribution is -0.125. The molecule has 32 heavy (non-hydrogen) atoms. The van der Waals surface area contributed by atoms with Crippen molar-refractivity contribution in [3.8, 4) is 11.1 Å². The van der Waals surface area contributed by atoms with Crippen LogP contribution in [0.15, 0.2) is 36.7 Å². The molecule has 3 rings (SSSR count). The molecule has 2 heterocycles. The highest BCUT2D eigenvalue weighted by Crippen LogP contribution is 2.23. The Bertz CT molecular complexity index is 824. The molecule has 0 unspecified atom stereocenters. The van der Waals surface area contributed by atoms with Gasteiger partial charge in [-0.1, -0.05) is 43.7 Å². The molecule has 1 saturated heterocycles. The highest BCUT2D eigenvalue weighted by molar-refractivity contribution is 5.78. The largest absolute Gasteiger partial charge is 0.356 e. The Labute approximate surface area is 193 Å². The monoisotopic (exact) mass is 437 g/mol. The lowest BCUT2D eigenvalue weighted by Gasteiger charge is -2.31.